The predicted octanol–water partition coefficient (Wildman–Crippen LogP) is 2.03. The van der Waals surface area contributed by atoms with Gasteiger partial charge in [0.2, 0.25) is 6.10 Å². The van der Waals surface area contributed by atoms with Gasteiger partial charge in [-0.15, -0.1) is 0 Å². The zero-order chi connectivity index (χ0) is 17.9. The molecular weight excluding hydrogens is 332 g/mol. The Bertz CT molecular complexity index is 790. The minimum absolute atomic E-state index is 0.00386. The summed E-state index contributed by atoms with van der Waals surface area (Å²) in [7, 11) is 0. The molecule has 0 bridgehead atoms. The number of likely N-dealkylation sites (tertiary alicyclic amines) is 1. The van der Waals surface area contributed by atoms with Gasteiger partial charge in [-0.3, -0.25) is 4.79 Å². The van der Waals surface area contributed by atoms with E-state index in [9.17, 15) is 4.79 Å². The van der Waals surface area contributed by atoms with E-state index in [-0.39, 0.29) is 12.5 Å². The number of para-hydroxylation sites is 2. The van der Waals surface area contributed by atoms with Crippen LogP contribution >= 0.6 is 0 Å². The number of nitrogens with zero attached hydrogens (tertiary/aromatic N) is 3. The second kappa shape index (κ2) is 7.19. The fourth-order valence-electron chi connectivity index (χ4n) is 3.33. The van der Waals surface area contributed by atoms with Crippen molar-refractivity contribution >= 4 is 11.7 Å². The molecule has 0 aliphatic carbocycles. The van der Waals surface area contributed by atoms with Gasteiger partial charge in [-0.05, 0) is 31.9 Å². The van der Waals surface area contributed by atoms with Crippen molar-refractivity contribution in [2.45, 2.75) is 31.9 Å². The topological polar surface area (TPSA) is 76.6 Å². The molecule has 2 aliphatic rings. The molecule has 1 aromatic heterocycles. The third-order valence-electron chi connectivity index (χ3n) is 4.75. The van der Waals surface area contributed by atoms with E-state index in [0.717, 1.165) is 24.4 Å². The van der Waals surface area contributed by atoms with Gasteiger partial charge in [0, 0.05) is 30.9 Å². The van der Waals surface area contributed by atoms with Gasteiger partial charge in [0.1, 0.15) is 18.8 Å². The Morgan fingerprint density at radius 2 is 1.96 bits per heavy atom. The summed E-state index contributed by atoms with van der Waals surface area (Å²) >= 11 is 0. The van der Waals surface area contributed by atoms with Crippen LogP contribution in [-0.4, -0.2) is 52.6 Å². The molecule has 2 aromatic rings. The number of ether oxygens (including phenoxy) is 2. The molecule has 1 amide bonds. The third kappa shape index (κ3) is 3.56. The fourth-order valence-corrected chi connectivity index (χ4v) is 3.33. The Hall–Kier alpha value is -2.83. The van der Waals surface area contributed by atoms with Gasteiger partial charge >= 0.3 is 0 Å². The molecule has 0 saturated carbocycles. The Morgan fingerprint density at radius 3 is 2.73 bits per heavy atom. The summed E-state index contributed by atoms with van der Waals surface area (Å²) in [6.07, 6.45) is 2.74. The summed E-state index contributed by atoms with van der Waals surface area (Å²) in [4.78, 5) is 23.0. The third-order valence-corrected chi connectivity index (χ3v) is 4.75. The van der Waals surface area contributed by atoms with Gasteiger partial charge in [-0.2, -0.15) is 0 Å². The van der Waals surface area contributed by atoms with Gasteiger partial charge in [-0.1, -0.05) is 12.1 Å². The number of anilines is 1. The molecule has 1 aromatic carbocycles. The van der Waals surface area contributed by atoms with Crippen LogP contribution < -0.4 is 14.8 Å². The van der Waals surface area contributed by atoms with Crippen molar-refractivity contribution in [1.82, 2.24) is 14.9 Å². The first kappa shape index (κ1) is 16.6. The standard InChI is InChI=1S/C19H22N4O3/c1-13-10-18(21-12-20-13)22-14-6-8-23(9-7-14)19(24)17-11-25-15-4-2-3-5-16(15)26-17/h2-5,10,12,14,17H,6-9,11H2,1H3,(H,20,21,22). The summed E-state index contributed by atoms with van der Waals surface area (Å²) in [6, 6.07) is 9.68. The molecule has 7 heteroatoms. The maximum atomic E-state index is 12.8. The number of carbonyl (C=O) groups is 1. The van der Waals surface area contributed by atoms with E-state index in [1.54, 1.807) is 6.33 Å². The lowest BCUT2D eigenvalue weighted by molar-refractivity contribution is -0.142. The summed E-state index contributed by atoms with van der Waals surface area (Å²) in [5, 5.41) is 3.43. The van der Waals surface area contributed by atoms with Crippen LogP contribution in [0, 0.1) is 6.92 Å². The minimum atomic E-state index is -0.570. The molecule has 2 aliphatic heterocycles. The lowest BCUT2D eigenvalue weighted by Gasteiger charge is -2.35. The highest BCUT2D eigenvalue weighted by molar-refractivity contribution is 5.82. The number of amides is 1. The first-order valence-corrected chi connectivity index (χ1v) is 8.91. The molecule has 4 rings (SSSR count). The first-order valence-electron chi connectivity index (χ1n) is 8.91. The molecule has 1 atom stereocenters. The lowest BCUT2D eigenvalue weighted by Crippen LogP contribution is -2.50. The smallest absolute Gasteiger partial charge is 0.267 e. The quantitative estimate of drug-likeness (QED) is 0.909. The molecule has 26 heavy (non-hydrogen) atoms. The van der Waals surface area contributed by atoms with E-state index in [0.29, 0.717) is 30.6 Å². The van der Waals surface area contributed by atoms with Crippen LogP contribution in [-0.2, 0) is 4.79 Å². The lowest BCUT2D eigenvalue weighted by atomic mass is 10.0. The zero-order valence-electron chi connectivity index (χ0n) is 14.7. The molecular formula is C19H22N4O3. The van der Waals surface area contributed by atoms with Gasteiger partial charge in [0.25, 0.3) is 5.91 Å². The molecule has 136 valence electrons. The monoisotopic (exact) mass is 354 g/mol. The van der Waals surface area contributed by atoms with Gasteiger partial charge in [0.05, 0.1) is 0 Å². The van der Waals surface area contributed by atoms with Crippen LogP contribution in [0.15, 0.2) is 36.7 Å². The molecule has 1 fully saturated rings. The van der Waals surface area contributed by atoms with Crippen LogP contribution in [0.4, 0.5) is 5.82 Å². The minimum Gasteiger partial charge on any atom is -0.485 e. The van der Waals surface area contributed by atoms with Crippen molar-refractivity contribution in [3.05, 3.63) is 42.4 Å². The van der Waals surface area contributed by atoms with E-state index in [1.165, 1.54) is 0 Å². The first-order chi connectivity index (χ1) is 12.7. The maximum absolute atomic E-state index is 12.8. The van der Waals surface area contributed by atoms with E-state index in [1.807, 2.05) is 42.2 Å². The number of carbonyl (C=O) groups excluding carboxylic acids is 1. The Kier molecular flexibility index (Phi) is 4.60. The molecule has 1 N–H and O–H groups in total. The predicted molar refractivity (Wildman–Crippen MR) is 96.3 cm³/mol. The van der Waals surface area contributed by atoms with Crippen LogP contribution in [0.3, 0.4) is 0 Å². The largest absolute Gasteiger partial charge is 0.485 e. The summed E-state index contributed by atoms with van der Waals surface area (Å²) in [6.45, 7) is 3.59. The Labute approximate surface area is 152 Å². The highest BCUT2D eigenvalue weighted by Crippen LogP contribution is 2.31. The van der Waals surface area contributed by atoms with Crippen molar-refractivity contribution < 1.29 is 14.3 Å². The summed E-state index contributed by atoms with van der Waals surface area (Å²) in [5.41, 5.74) is 0.935. The molecule has 0 radical (unpaired) electrons. The number of aromatic nitrogens is 2. The highest BCUT2D eigenvalue weighted by atomic mass is 16.6. The SMILES string of the molecule is Cc1cc(NC2CCN(C(=O)C3COc4ccccc4O3)CC2)ncn1. The van der Waals surface area contributed by atoms with Gasteiger partial charge in [-0.25, -0.2) is 9.97 Å². The number of aryl methyl sites for hydroxylation is 1. The average Bonchev–Trinajstić information content (AvgIpc) is 2.68. The average molecular weight is 354 g/mol. The van der Waals surface area contributed by atoms with Crippen LogP contribution in [0.5, 0.6) is 11.5 Å². The molecule has 7 nitrogen and oxygen atoms in total. The zero-order valence-corrected chi connectivity index (χ0v) is 14.7. The Balaban J connectivity index is 1.31. The second-order valence-electron chi connectivity index (χ2n) is 6.65. The number of fused-ring (bicyclic) bond motifs is 1. The number of rotatable bonds is 3. The van der Waals surface area contributed by atoms with Gasteiger partial charge < -0.3 is 19.7 Å². The normalized spacial score (nSPS) is 19.9. The summed E-state index contributed by atoms with van der Waals surface area (Å²) in [5.74, 6) is 2.16. The highest BCUT2D eigenvalue weighted by Gasteiger charge is 2.33. The molecule has 1 saturated heterocycles. The van der Waals surface area contributed by atoms with E-state index < -0.39 is 6.10 Å². The number of hydrogen-bond acceptors (Lipinski definition) is 6. The number of piperidine rings is 1. The number of hydrogen-bond donors (Lipinski definition) is 1. The van der Waals surface area contributed by atoms with E-state index in [4.69, 9.17) is 9.47 Å². The van der Waals surface area contributed by atoms with Crippen LogP contribution in [0.1, 0.15) is 18.5 Å². The van der Waals surface area contributed by atoms with Crippen molar-refractivity contribution in [3.63, 3.8) is 0 Å². The van der Waals surface area contributed by atoms with Crippen molar-refractivity contribution in [2.75, 3.05) is 25.0 Å². The maximum Gasteiger partial charge on any atom is 0.267 e. The molecule has 3 heterocycles. The second-order valence-corrected chi connectivity index (χ2v) is 6.65. The van der Waals surface area contributed by atoms with Gasteiger partial charge in [0.15, 0.2) is 11.5 Å². The molecule has 0 spiro atoms. The van der Waals surface area contributed by atoms with Crippen LogP contribution in [0.2, 0.25) is 0 Å². The van der Waals surface area contributed by atoms with Crippen LogP contribution in [0.25, 0.3) is 0 Å². The van der Waals surface area contributed by atoms with Crippen molar-refractivity contribution in [2.24, 2.45) is 0 Å². The van der Waals surface area contributed by atoms with Crippen molar-refractivity contribution in [1.29, 1.82) is 0 Å². The fraction of sp³-hybridized carbons (Fsp3) is 0.421. The number of benzene rings is 1. The van der Waals surface area contributed by atoms with Crippen molar-refractivity contribution in [3.8, 4) is 11.5 Å². The van der Waals surface area contributed by atoms with E-state index >= 15 is 0 Å². The Morgan fingerprint density at radius 1 is 1.19 bits per heavy atom. The molecule has 1 unspecified atom stereocenters. The van der Waals surface area contributed by atoms with E-state index in [2.05, 4.69) is 15.3 Å². The summed E-state index contributed by atoms with van der Waals surface area (Å²) < 4.78 is 11.5. The number of nitrogens with one attached hydrogen (secondary N) is 1.